The van der Waals surface area contributed by atoms with Crippen LogP contribution in [0, 0.1) is 6.92 Å². The molecular formula is C21H29N3O4. The number of rotatable bonds is 3. The lowest BCUT2D eigenvalue weighted by atomic mass is 10.0. The summed E-state index contributed by atoms with van der Waals surface area (Å²) in [6, 6.07) is 8.42. The molecule has 7 nitrogen and oxygen atoms in total. The molecular weight excluding hydrogens is 358 g/mol. The molecule has 0 saturated carbocycles. The van der Waals surface area contributed by atoms with E-state index in [1.165, 1.54) is 11.3 Å². The molecule has 0 N–H and O–H groups in total. The molecule has 4 rings (SSSR count). The summed E-state index contributed by atoms with van der Waals surface area (Å²) in [4.78, 5) is 31.1. The largest absolute Gasteiger partial charge is 0.368 e. The highest BCUT2D eigenvalue weighted by Crippen LogP contribution is 2.31. The summed E-state index contributed by atoms with van der Waals surface area (Å²) < 4.78 is 11.4. The van der Waals surface area contributed by atoms with Crippen molar-refractivity contribution in [1.82, 2.24) is 9.80 Å². The second-order valence-electron chi connectivity index (χ2n) is 7.87. The third kappa shape index (κ3) is 4.15. The third-order valence-electron chi connectivity index (χ3n) is 5.99. The summed E-state index contributed by atoms with van der Waals surface area (Å²) in [5.41, 5.74) is 2.43. The van der Waals surface area contributed by atoms with E-state index in [-0.39, 0.29) is 18.2 Å². The first-order valence-electron chi connectivity index (χ1n) is 10.2. The van der Waals surface area contributed by atoms with Gasteiger partial charge in [-0.05, 0) is 24.6 Å². The van der Waals surface area contributed by atoms with Crippen LogP contribution in [0.4, 0.5) is 5.69 Å². The zero-order chi connectivity index (χ0) is 19.6. The average Bonchev–Trinajstić information content (AvgIpc) is 3.16. The summed E-state index contributed by atoms with van der Waals surface area (Å²) in [7, 11) is 0. The molecule has 1 spiro atoms. The van der Waals surface area contributed by atoms with Gasteiger partial charge in [-0.2, -0.15) is 0 Å². The molecule has 2 amide bonds. The molecule has 3 fully saturated rings. The quantitative estimate of drug-likeness (QED) is 0.734. The van der Waals surface area contributed by atoms with E-state index in [9.17, 15) is 9.59 Å². The lowest BCUT2D eigenvalue weighted by Crippen LogP contribution is -2.51. The second kappa shape index (κ2) is 8.09. The number of aryl methyl sites for hydroxylation is 1. The highest BCUT2D eigenvalue weighted by Gasteiger charge is 2.41. The Bertz CT molecular complexity index is 714. The molecule has 28 heavy (non-hydrogen) atoms. The number of anilines is 1. The first kappa shape index (κ1) is 19.2. The molecule has 152 valence electrons. The Kier molecular flexibility index (Phi) is 5.55. The number of hydrogen-bond acceptors (Lipinski definition) is 5. The van der Waals surface area contributed by atoms with Gasteiger partial charge in [0, 0.05) is 57.8 Å². The summed E-state index contributed by atoms with van der Waals surface area (Å²) >= 11 is 0. The highest BCUT2D eigenvalue weighted by molar-refractivity contribution is 5.97. The van der Waals surface area contributed by atoms with Gasteiger partial charge in [-0.15, -0.1) is 0 Å². The number of piperidine rings is 1. The topological polar surface area (TPSA) is 62.3 Å². The molecule has 0 unspecified atom stereocenters. The smallest absolute Gasteiger partial charge is 0.232 e. The molecule has 0 aromatic heterocycles. The molecule has 1 aromatic carbocycles. The van der Waals surface area contributed by atoms with E-state index in [1.807, 2.05) is 4.90 Å². The Labute approximate surface area is 166 Å². The first-order valence-corrected chi connectivity index (χ1v) is 10.2. The number of nitrogens with zero attached hydrogens (tertiary/aromatic N) is 3. The Hall–Kier alpha value is -2.12. The molecule has 1 aromatic rings. The highest BCUT2D eigenvalue weighted by atomic mass is 16.7. The van der Waals surface area contributed by atoms with Gasteiger partial charge in [0.25, 0.3) is 0 Å². The van der Waals surface area contributed by atoms with Gasteiger partial charge in [-0.3, -0.25) is 9.59 Å². The van der Waals surface area contributed by atoms with Crippen LogP contribution >= 0.6 is 0 Å². The Morgan fingerprint density at radius 2 is 1.54 bits per heavy atom. The van der Waals surface area contributed by atoms with Crippen LogP contribution in [0.1, 0.15) is 24.8 Å². The Balaban J connectivity index is 1.24. The molecule has 3 aliphatic rings. The van der Waals surface area contributed by atoms with E-state index in [2.05, 4.69) is 36.1 Å². The van der Waals surface area contributed by atoms with E-state index in [0.29, 0.717) is 52.2 Å². The predicted octanol–water partition coefficient (Wildman–Crippen LogP) is 1.40. The fourth-order valence-corrected chi connectivity index (χ4v) is 4.27. The van der Waals surface area contributed by atoms with Crippen molar-refractivity contribution in [3.8, 4) is 0 Å². The van der Waals surface area contributed by atoms with Gasteiger partial charge in [-0.25, -0.2) is 0 Å². The maximum atomic E-state index is 12.6. The summed E-state index contributed by atoms with van der Waals surface area (Å²) in [5, 5.41) is 0. The summed E-state index contributed by atoms with van der Waals surface area (Å²) in [5.74, 6) is -0.645. The van der Waals surface area contributed by atoms with E-state index in [1.54, 1.807) is 4.90 Å². The van der Waals surface area contributed by atoms with Crippen molar-refractivity contribution in [2.75, 3.05) is 57.4 Å². The van der Waals surface area contributed by atoms with Gasteiger partial charge in [0.1, 0.15) is 6.42 Å². The molecule has 0 atom stereocenters. The van der Waals surface area contributed by atoms with Gasteiger partial charge < -0.3 is 24.2 Å². The monoisotopic (exact) mass is 387 g/mol. The van der Waals surface area contributed by atoms with Gasteiger partial charge in [0.15, 0.2) is 5.79 Å². The van der Waals surface area contributed by atoms with Crippen LogP contribution in [0.2, 0.25) is 0 Å². The van der Waals surface area contributed by atoms with E-state index >= 15 is 0 Å². The standard InChI is InChI=1S/C21H29N3O4/c1-17-3-2-4-18(15-17)22-9-11-24(12-10-22)20(26)16-19(25)23-7-5-21(6-8-23)27-13-14-28-21/h2-4,15H,5-14,16H2,1H3. The second-order valence-corrected chi connectivity index (χ2v) is 7.87. The zero-order valence-electron chi connectivity index (χ0n) is 16.6. The number of carbonyl (C=O) groups is 2. The SMILES string of the molecule is Cc1cccc(N2CCN(C(=O)CC(=O)N3CCC4(CC3)OCCO4)CC2)c1. The maximum absolute atomic E-state index is 12.6. The lowest BCUT2D eigenvalue weighted by Gasteiger charge is -2.38. The van der Waals surface area contributed by atoms with E-state index in [0.717, 1.165) is 13.1 Å². The number of ether oxygens (including phenoxy) is 2. The van der Waals surface area contributed by atoms with Crippen LogP contribution in [0.15, 0.2) is 24.3 Å². The fourth-order valence-electron chi connectivity index (χ4n) is 4.27. The Morgan fingerprint density at radius 3 is 2.14 bits per heavy atom. The number of amides is 2. The first-order chi connectivity index (χ1) is 13.5. The minimum atomic E-state index is -0.493. The summed E-state index contributed by atoms with van der Waals surface area (Å²) in [6.07, 6.45) is 1.32. The van der Waals surface area contributed by atoms with Crippen LogP contribution in [0.3, 0.4) is 0 Å². The van der Waals surface area contributed by atoms with Crippen molar-refractivity contribution in [2.24, 2.45) is 0 Å². The van der Waals surface area contributed by atoms with Crippen molar-refractivity contribution in [1.29, 1.82) is 0 Å². The van der Waals surface area contributed by atoms with Crippen molar-refractivity contribution < 1.29 is 19.1 Å². The van der Waals surface area contributed by atoms with Crippen LogP contribution in [-0.4, -0.2) is 79.9 Å². The van der Waals surface area contributed by atoms with Crippen LogP contribution < -0.4 is 4.90 Å². The molecule has 3 aliphatic heterocycles. The van der Waals surface area contributed by atoms with E-state index < -0.39 is 5.79 Å². The molecule has 0 radical (unpaired) electrons. The number of carbonyl (C=O) groups excluding carboxylic acids is 2. The van der Waals surface area contributed by atoms with Gasteiger partial charge in [0.05, 0.1) is 13.2 Å². The fraction of sp³-hybridized carbons (Fsp3) is 0.619. The normalized spacial score (nSPS) is 22.0. The van der Waals surface area contributed by atoms with Gasteiger partial charge in [0.2, 0.25) is 11.8 Å². The van der Waals surface area contributed by atoms with Crippen LogP contribution in [0.25, 0.3) is 0 Å². The van der Waals surface area contributed by atoms with Crippen LogP contribution in [0.5, 0.6) is 0 Å². The van der Waals surface area contributed by atoms with Gasteiger partial charge in [-0.1, -0.05) is 12.1 Å². The van der Waals surface area contributed by atoms with Crippen molar-refractivity contribution in [3.05, 3.63) is 29.8 Å². The zero-order valence-corrected chi connectivity index (χ0v) is 16.6. The van der Waals surface area contributed by atoms with Gasteiger partial charge >= 0.3 is 0 Å². The number of benzene rings is 1. The summed E-state index contributed by atoms with van der Waals surface area (Å²) in [6.45, 7) is 7.43. The molecule has 0 aliphatic carbocycles. The van der Waals surface area contributed by atoms with Crippen LogP contribution in [-0.2, 0) is 19.1 Å². The predicted molar refractivity (Wildman–Crippen MR) is 105 cm³/mol. The minimum Gasteiger partial charge on any atom is -0.368 e. The molecule has 0 bridgehead atoms. The molecule has 7 heteroatoms. The van der Waals surface area contributed by atoms with Crippen molar-refractivity contribution >= 4 is 17.5 Å². The number of hydrogen-bond donors (Lipinski definition) is 0. The van der Waals surface area contributed by atoms with Crippen molar-refractivity contribution in [3.63, 3.8) is 0 Å². The Morgan fingerprint density at radius 1 is 0.929 bits per heavy atom. The minimum absolute atomic E-state index is 0.0425. The number of piperazine rings is 1. The maximum Gasteiger partial charge on any atom is 0.232 e. The van der Waals surface area contributed by atoms with Crippen molar-refractivity contribution in [2.45, 2.75) is 32.0 Å². The number of likely N-dealkylation sites (tertiary alicyclic amines) is 1. The molecule has 3 saturated heterocycles. The van der Waals surface area contributed by atoms with E-state index in [4.69, 9.17) is 9.47 Å². The lowest BCUT2D eigenvalue weighted by molar-refractivity contribution is -0.187. The molecule has 3 heterocycles. The third-order valence-corrected chi connectivity index (χ3v) is 5.99. The average molecular weight is 387 g/mol.